The maximum Gasteiger partial charge on any atom is 0.0820 e. The molecule has 2 aliphatic rings. The summed E-state index contributed by atoms with van der Waals surface area (Å²) in [7, 11) is 2.03. The second kappa shape index (κ2) is 6.07. The molecule has 20 heavy (non-hydrogen) atoms. The molecule has 2 saturated carbocycles. The van der Waals surface area contributed by atoms with Crippen LogP contribution in [-0.2, 0) is 7.05 Å². The number of hydrogen-bond acceptors (Lipinski definition) is 2. The van der Waals surface area contributed by atoms with Gasteiger partial charge in [-0.15, -0.1) is 0 Å². The lowest BCUT2D eigenvalue weighted by Gasteiger charge is -2.36. The second-order valence-electron chi connectivity index (χ2n) is 6.64. The molecule has 0 aromatic carbocycles. The minimum absolute atomic E-state index is 0.569. The van der Waals surface area contributed by atoms with Crippen LogP contribution < -0.4 is 5.32 Å². The molecule has 0 aliphatic heterocycles. The Kier molecular flexibility index (Phi) is 4.37. The van der Waals surface area contributed by atoms with Gasteiger partial charge >= 0.3 is 0 Å². The van der Waals surface area contributed by atoms with Crippen molar-refractivity contribution in [1.82, 2.24) is 15.1 Å². The van der Waals surface area contributed by atoms with Crippen molar-refractivity contribution in [2.45, 2.75) is 57.4 Å². The van der Waals surface area contributed by atoms with Crippen molar-refractivity contribution in [1.29, 1.82) is 0 Å². The first-order chi connectivity index (χ1) is 9.69. The molecule has 3 unspecified atom stereocenters. The van der Waals surface area contributed by atoms with Gasteiger partial charge < -0.3 is 5.32 Å². The van der Waals surface area contributed by atoms with Gasteiger partial charge in [0.05, 0.1) is 16.9 Å². The van der Waals surface area contributed by atoms with E-state index in [9.17, 15) is 0 Å². The molecule has 1 heterocycles. The molecule has 3 rings (SSSR count). The van der Waals surface area contributed by atoms with E-state index in [-0.39, 0.29) is 0 Å². The van der Waals surface area contributed by atoms with E-state index in [4.69, 9.17) is 11.6 Å². The van der Waals surface area contributed by atoms with Gasteiger partial charge in [0.2, 0.25) is 0 Å². The van der Waals surface area contributed by atoms with Crippen LogP contribution in [-0.4, -0.2) is 22.4 Å². The first-order valence-electron chi connectivity index (χ1n) is 8.09. The van der Waals surface area contributed by atoms with E-state index in [0.717, 1.165) is 23.5 Å². The summed E-state index contributed by atoms with van der Waals surface area (Å²) in [5.74, 6) is 2.13. The van der Waals surface area contributed by atoms with Gasteiger partial charge in [0.25, 0.3) is 0 Å². The Morgan fingerprint density at radius 2 is 2.15 bits per heavy atom. The molecule has 1 aromatic rings. The third-order valence-corrected chi connectivity index (χ3v) is 5.51. The van der Waals surface area contributed by atoms with Gasteiger partial charge in [0.15, 0.2) is 0 Å². The molecule has 1 aromatic heterocycles. The zero-order valence-corrected chi connectivity index (χ0v) is 13.4. The van der Waals surface area contributed by atoms with E-state index >= 15 is 0 Å². The third-order valence-electron chi connectivity index (χ3n) is 5.21. The zero-order valence-electron chi connectivity index (χ0n) is 12.6. The number of nitrogens with one attached hydrogen (secondary N) is 1. The highest BCUT2D eigenvalue weighted by atomic mass is 35.5. The molecule has 3 nitrogen and oxygen atoms in total. The molecule has 0 spiro atoms. The van der Waals surface area contributed by atoms with Crippen LogP contribution >= 0.6 is 11.6 Å². The number of hydrogen-bond donors (Lipinski definition) is 1. The standard InChI is InChI=1S/C16H26ClN3/c1-3-11-4-5-12(9-18-13-6-7-13)14(8-11)16-15(17)10-19-20(16)2/h10-14,18H,3-9H2,1-2H3. The molecule has 0 amide bonds. The number of aryl methyl sites for hydroxylation is 1. The Bertz CT molecular complexity index is 433. The molecular formula is C16H26ClN3. The van der Waals surface area contributed by atoms with E-state index in [1.165, 1.54) is 44.2 Å². The van der Waals surface area contributed by atoms with Gasteiger partial charge in [0.1, 0.15) is 0 Å². The molecule has 2 fully saturated rings. The summed E-state index contributed by atoms with van der Waals surface area (Å²) in [6.07, 6.45) is 9.78. The Labute approximate surface area is 127 Å². The van der Waals surface area contributed by atoms with Crippen LogP contribution in [0.15, 0.2) is 6.20 Å². The van der Waals surface area contributed by atoms with Gasteiger partial charge in [0, 0.05) is 19.0 Å². The fourth-order valence-electron chi connectivity index (χ4n) is 3.71. The van der Waals surface area contributed by atoms with Crippen LogP contribution in [0.4, 0.5) is 0 Å². The summed E-state index contributed by atoms with van der Waals surface area (Å²) >= 11 is 6.41. The summed E-state index contributed by atoms with van der Waals surface area (Å²) in [5, 5.41) is 8.92. The maximum absolute atomic E-state index is 6.41. The minimum atomic E-state index is 0.569. The van der Waals surface area contributed by atoms with Crippen LogP contribution in [0.3, 0.4) is 0 Å². The van der Waals surface area contributed by atoms with Gasteiger partial charge in [-0.05, 0) is 44.1 Å². The van der Waals surface area contributed by atoms with Crippen molar-refractivity contribution in [3.63, 3.8) is 0 Å². The normalized spacial score (nSPS) is 30.6. The Balaban J connectivity index is 1.76. The lowest BCUT2D eigenvalue weighted by Crippen LogP contribution is -2.33. The van der Waals surface area contributed by atoms with Crippen molar-refractivity contribution in [3.8, 4) is 0 Å². The van der Waals surface area contributed by atoms with E-state index in [1.54, 1.807) is 6.20 Å². The lowest BCUT2D eigenvalue weighted by molar-refractivity contribution is 0.218. The topological polar surface area (TPSA) is 29.9 Å². The third kappa shape index (κ3) is 3.04. The Morgan fingerprint density at radius 1 is 1.35 bits per heavy atom. The summed E-state index contributed by atoms with van der Waals surface area (Å²) in [6, 6.07) is 0.793. The highest BCUT2D eigenvalue weighted by molar-refractivity contribution is 6.31. The number of aromatic nitrogens is 2. The minimum Gasteiger partial charge on any atom is -0.314 e. The van der Waals surface area contributed by atoms with Crippen molar-refractivity contribution in [3.05, 3.63) is 16.9 Å². The van der Waals surface area contributed by atoms with Gasteiger partial charge in [-0.25, -0.2) is 0 Å². The van der Waals surface area contributed by atoms with Gasteiger partial charge in [-0.3, -0.25) is 4.68 Å². The predicted octanol–water partition coefficient (Wildman–Crippen LogP) is 3.74. The van der Waals surface area contributed by atoms with Crippen molar-refractivity contribution < 1.29 is 0 Å². The Morgan fingerprint density at radius 3 is 2.75 bits per heavy atom. The predicted molar refractivity (Wildman–Crippen MR) is 83.1 cm³/mol. The average Bonchev–Trinajstić information content (AvgIpc) is 3.22. The van der Waals surface area contributed by atoms with Crippen LogP contribution in [0, 0.1) is 11.8 Å². The number of halogens is 1. The fourth-order valence-corrected chi connectivity index (χ4v) is 4.02. The van der Waals surface area contributed by atoms with E-state index in [0.29, 0.717) is 11.8 Å². The smallest absolute Gasteiger partial charge is 0.0820 e. The largest absolute Gasteiger partial charge is 0.314 e. The van der Waals surface area contributed by atoms with E-state index in [1.807, 2.05) is 11.7 Å². The quantitative estimate of drug-likeness (QED) is 0.897. The molecule has 0 saturated heterocycles. The van der Waals surface area contributed by atoms with Gasteiger partial charge in [-0.2, -0.15) is 5.10 Å². The second-order valence-corrected chi connectivity index (χ2v) is 7.04. The number of rotatable bonds is 5. The highest BCUT2D eigenvalue weighted by Gasteiger charge is 2.34. The van der Waals surface area contributed by atoms with E-state index < -0.39 is 0 Å². The lowest BCUT2D eigenvalue weighted by atomic mass is 9.71. The zero-order chi connectivity index (χ0) is 14.1. The van der Waals surface area contributed by atoms with E-state index in [2.05, 4.69) is 17.3 Å². The maximum atomic E-state index is 6.41. The summed E-state index contributed by atoms with van der Waals surface area (Å²) in [5.41, 5.74) is 1.26. The molecule has 3 atom stereocenters. The van der Waals surface area contributed by atoms with Crippen molar-refractivity contribution in [2.24, 2.45) is 18.9 Å². The van der Waals surface area contributed by atoms with Crippen LogP contribution in [0.2, 0.25) is 5.02 Å². The SMILES string of the molecule is CCC1CCC(CNC2CC2)C(c2c(Cl)cnn2C)C1. The molecule has 0 radical (unpaired) electrons. The van der Waals surface area contributed by atoms with Crippen LogP contribution in [0.1, 0.15) is 57.1 Å². The summed E-state index contributed by atoms with van der Waals surface area (Å²) in [6.45, 7) is 3.46. The summed E-state index contributed by atoms with van der Waals surface area (Å²) < 4.78 is 2.00. The first-order valence-corrected chi connectivity index (χ1v) is 8.47. The molecule has 1 N–H and O–H groups in total. The van der Waals surface area contributed by atoms with Crippen LogP contribution in [0.25, 0.3) is 0 Å². The fraction of sp³-hybridized carbons (Fsp3) is 0.812. The molecular weight excluding hydrogens is 270 g/mol. The first kappa shape index (κ1) is 14.4. The monoisotopic (exact) mass is 295 g/mol. The molecule has 2 aliphatic carbocycles. The molecule has 0 bridgehead atoms. The number of nitrogens with zero attached hydrogens (tertiary/aromatic N) is 2. The highest BCUT2D eigenvalue weighted by Crippen LogP contribution is 2.43. The molecule has 4 heteroatoms. The summed E-state index contributed by atoms with van der Waals surface area (Å²) in [4.78, 5) is 0. The van der Waals surface area contributed by atoms with Crippen LogP contribution in [0.5, 0.6) is 0 Å². The average molecular weight is 296 g/mol. The Hall–Kier alpha value is -0.540. The van der Waals surface area contributed by atoms with Gasteiger partial charge in [-0.1, -0.05) is 31.4 Å². The molecule has 112 valence electrons. The van der Waals surface area contributed by atoms with Crippen molar-refractivity contribution >= 4 is 11.6 Å². The van der Waals surface area contributed by atoms with Crippen molar-refractivity contribution in [2.75, 3.05) is 6.54 Å².